The zero-order valence-corrected chi connectivity index (χ0v) is 10.6. The van der Waals surface area contributed by atoms with Crippen molar-refractivity contribution >= 4 is 11.7 Å². The molecule has 0 unspecified atom stereocenters. The largest absolute Gasteiger partial charge is 0.382 e. The van der Waals surface area contributed by atoms with E-state index in [2.05, 4.69) is 16.5 Å². The Morgan fingerprint density at radius 1 is 1.50 bits per heavy atom. The molecule has 1 heterocycles. The van der Waals surface area contributed by atoms with Crippen LogP contribution in [0.4, 0.5) is 5.82 Å². The van der Waals surface area contributed by atoms with Crippen LogP contribution in [-0.4, -0.2) is 22.2 Å². The predicted octanol–water partition coefficient (Wildman–Crippen LogP) is 1.47. The summed E-state index contributed by atoms with van der Waals surface area (Å²) in [5.41, 5.74) is 6.96. The van der Waals surface area contributed by atoms with Crippen molar-refractivity contribution in [3.8, 4) is 0 Å². The third kappa shape index (κ3) is 3.91. The van der Waals surface area contributed by atoms with Crippen molar-refractivity contribution in [3.63, 3.8) is 0 Å². The normalized spacial score (nSPS) is 15.2. The highest BCUT2D eigenvalue weighted by Crippen LogP contribution is 2.19. The molecule has 5 nitrogen and oxygen atoms in total. The Morgan fingerprint density at radius 3 is 3.06 bits per heavy atom. The SMILES string of the molecule is Nc1ccn(CC(=O)NCCC2=CCCCC2)n1. The molecule has 18 heavy (non-hydrogen) atoms. The number of nitrogens with zero attached hydrogens (tertiary/aromatic N) is 2. The molecule has 1 aromatic rings. The third-order valence-electron chi connectivity index (χ3n) is 3.12. The van der Waals surface area contributed by atoms with E-state index >= 15 is 0 Å². The second-order valence-corrected chi connectivity index (χ2v) is 4.65. The second-order valence-electron chi connectivity index (χ2n) is 4.65. The Balaban J connectivity index is 1.67. The number of nitrogens with two attached hydrogens (primary N) is 1. The molecule has 5 heteroatoms. The summed E-state index contributed by atoms with van der Waals surface area (Å²) in [5.74, 6) is 0.421. The van der Waals surface area contributed by atoms with Gasteiger partial charge >= 0.3 is 0 Å². The van der Waals surface area contributed by atoms with Gasteiger partial charge in [-0.05, 0) is 38.2 Å². The van der Waals surface area contributed by atoms with Crippen LogP contribution in [0.2, 0.25) is 0 Å². The molecule has 1 aromatic heterocycles. The van der Waals surface area contributed by atoms with Gasteiger partial charge in [0.25, 0.3) is 0 Å². The number of amides is 1. The molecular weight excluding hydrogens is 228 g/mol. The van der Waals surface area contributed by atoms with Crippen molar-refractivity contribution < 1.29 is 4.79 Å². The monoisotopic (exact) mass is 248 g/mol. The van der Waals surface area contributed by atoms with E-state index in [1.807, 2.05) is 0 Å². The highest BCUT2D eigenvalue weighted by atomic mass is 16.2. The van der Waals surface area contributed by atoms with Crippen LogP contribution in [0.15, 0.2) is 23.9 Å². The molecule has 0 fully saturated rings. The Bertz CT molecular complexity index is 436. The summed E-state index contributed by atoms with van der Waals surface area (Å²) in [4.78, 5) is 11.6. The summed E-state index contributed by atoms with van der Waals surface area (Å²) < 4.78 is 1.55. The fourth-order valence-electron chi connectivity index (χ4n) is 2.16. The van der Waals surface area contributed by atoms with Crippen molar-refractivity contribution in [1.82, 2.24) is 15.1 Å². The predicted molar refractivity (Wildman–Crippen MR) is 70.8 cm³/mol. The Kier molecular flexibility index (Phi) is 4.39. The van der Waals surface area contributed by atoms with Crippen LogP contribution < -0.4 is 11.1 Å². The first kappa shape index (κ1) is 12.7. The van der Waals surface area contributed by atoms with Gasteiger partial charge in [-0.25, -0.2) is 0 Å². The van der Waals surface area contributed by atoms with Gasteiger partial charge in [-0.15, -0.1) is 0 Å². The average Bonchev–Trinajstić information content (AvgIpc) is 2.76. The van der Waals surface area contributed by atoms with Crippen LogP contribution >= 0.6 is 0 Å². The third-order valence-corrected chi connectivity index (χ3v) is 3.12. The molecule has 0 atom stereocenters. The summed E-state index contributed by atoms with van der Waals surface area (Å²) in [6.45, 7) is 0.942. The number of anilines is 1. The Hall–Kier alpha value is -1.78. The number of nitrogen functional groups attached to an aromatic ring is 1. The fourth-order valence-corrected chi connectivity index (χ4v) is 2.16. The van der Waals surface area contributed by atoms with Gasteiger partial charge in [0.1, 0.15) is 12.4 Å². The molecule has 1 amide bonds. The number of aromatic nitrogens is 2. The Labute approximate surface area is 107 Å². The van der Waals surface area contributed by atoms with E-state index < -0.39 is 0 Å². The summed E-state index contributed by atoms with van der Waals surface area (Å²) in [6, 6.07) is 1.68. The van der Waals surface area contributed by atoms with Gasteiger partial charge in [0.2, 0.25) is 5.91 Å². The standard InChI is InChI=1S/C13H20N4O/c14-12-7-9-17(16-12)10-13(18)15-8-6-11-4-2-1-3-5-11/h4,7,9H,1-3,5-6,8,10H2,(H2,14,16)(H,15,18). The molecule has 0 bridgehead atoms. The van der Waals surface area contributed by atoms with Crippen molar-refractivity contribution in [2.45, 2.75) is 38.6 Å². The van der Waals surface area contributed by atoms with Crippen LogP contribution in [0.3, 0.4) is 0 Å². The van der Waals surface area contributed by atoms with Crippen LogP contribution in [0, 0.1) is 0 Å². The molecule has 2 rings (SSSR count). The van der Waals surface area contributed by atoms with E-state index in [1.165, 1.54) is 31.3 Å². The van der Waals surface area contributed by atoms with Gasteiger partial charge in [-0.2, -0.15) is 5.10 Å². The number of nitrogens with one attached hydrogen (secondary N) is 1. The molecule has 1 aliphatic carbocycles. The van der Waals surface area contributed by atoms with E-state index in [-0.39, 0.29) is 12.5 Å². The lowest BCUT2D eigenvalue weighted by Gasteiger charge is -2.12. The molecule has 0 saturated heterocycles. The number of allylic oxidation sites excluding steroid dienone is 1. The van der Waals surface area contributed by atoms with E-state index in [1.54, 1.807) is 16.9 Å². The fraction of sp³-hybridized carbons (Fsp3) is 0.538. The quantitative estimate of drug-likeness (QED) is 0.775. The van der Waals surface area contributed by atoms with E-state index in [4.69, 9.17) is 5.73 Å². The minimum atomic E-state index is -0.0190. The number of hydrogen-bond donors (Lipinski definition) is 2. The zero-order valence-electron chi connectivity index (χ0n) is 10.6. The van der Waals surface area contributed by atoms with E-state index in [9.17, 15) is 4.79 Å². The minimum Gasteiger partial charge on any atom is -0.382 e. The van der Waals surface area contributed by atoms with Gasteiger partial charge in [0.15, 0.2) is 0 Å². The first-order valence-corrected chi connectivity index (χ1v) is 6.47. The molecule has 0 spiro atoms. The topological polar surface area (TPSA) is 72.9 Å². The zero-order chi connectivity index (χ0) is 12.8. The van der Waals surface area contributed by atoms with Crippen molar-refractivity contribution in [2.24, 2.45) is 0 Å². The van der Waals surface area contributed by atoms with Crippen LogP contribution in [0.1, 0.15) is 32.1 Å². The molecule has 0 radical (unpaired) electrons. The summed E-state index contributed by atoms with van der Waals surface area (Å²) in [5, 5.41) is 6.88. The number of rotatable bonds is 5. The summed E-state index contributed by atoms with van der Waals surface area (Å²) in [6.07, 6.45) is 9.94. The lowest BCUT2D eigenvalue weighted by Crippen LogP contribution is -2.29. The molecule has 0 aliphatic heterocycles. The van der Waals surface area contributed by atoms with Crippen molar-refractivity contribution in [1.29, 1.82) is 0 Å². The van der Waals surface area contributed by atoms with Gasteiger partial charge < -0.3 is 11.1 Å². The molecule has 1 aliphatic rings. The van der Waals surface area contributed by atoms with Crippen LogP contribution in [0.5, 0.6) is 0 Å². The minimum absolute atomic E-state index is 0.0190. The maximum atomic E-state index is 11.6. The molecule has 98 valence electrons. The smallest absolute Gasteiger partial charge is 0.241 e. The average molecular weight is 248 g/mol. The van der Waals surface area contributed by atoms with Gasteiger partial charge in [-0.1, -0.05) is 11.6 Å². The number of carbonyl (C=O) groups excluding carboxylic acids is 1. The molecule has 0 aromatic carbocycles. The lowest BCUT2D eigenvalue weighted by atomic mass is 9.97. The highest BCUT2D eigenvalue weighted by molar-refractivity contribution is 5.75. The molecule has 3 N–H and O–H groups in total. The van der Waals surface area contributed by atoms with Crippen molar-refractivity contribution in [2.75, 3.05) is 12.3 Å². The van der Waals surface area contributed by atoms with Gasteiger partial charge in [0.05, 0.1) is 0 Å². The number of hydrogen-bond acceptors (Lipinski definition) is 3. The van der Waals surface area contributed by atoms with Gasteiger partial charge in [0, 0.05) is 12.7 Å². The molecule has 0 saturated carbocycles. The second kappa shape index (κ2) is 6.23. The van der Waals surface area contributed by atoms with Crippen LogP contribution in [0.25, 0.3) is 0 Å². The van der Waals surface area contributed by atoms with Crippen molar-refractivity contribution in [3.05, 3.63) is 23.9 Å². The maximum absolute atomic E-state index is 11.6. The van der Waals surface area contributed by atoms with E-state index in [0.717, 1.165) is 6.42 Å². The first-order chi connectivity index (χ1) is 8.74. The van der Waals surface area contributed by atoms with Crippen LogP contribution in [-0.2, 0) is 11.3 Å². The maximum Gasteiger partial charge on any atom is 0.241 e. The summed E-state index contributed by atoms with van der Waals surface area (Å²) in [7, 11) is 0. The van der Waals surface area contributed by atoms with Gasteiger partial charge in [-0.3, -0.25) is 9.48 Å². The Morgan fingerprint density at radius 2 is 2.39 bits per heavy atom. The summed E-state index contributed by atoms with van der Waals surface area (Å²) >= 11 is 0. The molecular formula is C13H20N4O. The number of carbonyl (C=O) groups is 1. The highest BCUT2D eigenvalue weighted by Gasteiger charge is 2.06. The first-order valence-electron chi connectivity index (χ1n) is 6.47. The van der Waals surface area contributed by atoms with E-state index in [0.29, 0.717) is 12.4 Å². The lowest BCUT2D eigenvalue weighted by molar-refractivity contribution is -0.121.